The summed E-state index contributed by atoms with van der Waals surface area (Å²) in [7, 11) is 1.64. The fourth-order valence-electron chi connectivity index (χ4n) is 4.44. The third kappa shape index (κ3) is 3.14. The molecule has 0 saturated carbocycles. The van der Waals surface area contributed by atoms with E-state index in [9.17, 15) is 14.0 Å². The molecule has 1 atom stereocenters. The summed E-state index contributed by atoms with van der Waals surface area (Å²) in [6, 6.07) is 13.9. The molecule has 0 aliphatic carbocycles. The van der Waals surface area contributed by atoms with Gasteiger partial charge in [0.15, 0.2) is 11.2 Å². The molecular formula is C24H24FN5O2. The molecule has 32 heavy (non-hydrogen) atoms. The molecule has 0 N–H and O–H groups in total. The van der Waals surface area contributed by atoms with Crippen LogP contribution < -0.4 is 16.1 Å². The molecule has 0 unspecified atom stereocenters. The van der Waals surface area contributed by atoms with E-state index in [-0.39, 0.29) is 23.8 Å². The van der Waals surface area contributed by atoms with E-state index in [2.05, 4.69) is 6.92 Å². The Labute approximate surface area is 184 Å². The summed E-state index contributed by atoms with van der Waals surface area (Å²) in [5.74, 6) is 0.505. The maximum Gasteiger partial charge on any atom is 0.332 e. The van der Waals surface area contributed by atoms with Crippen LogP contribution in [0, 0.1) is 18.7 Å². The minimum atomic E-state index is -0.400. The van der Waals surface area contributed by atoms with E-state index in [0.717, 1.165) is 16.8 Å². The Hall–Kier alpha value is -3.68. The fraction of sp³-hybridized carbons (Fsp3) is 0.292. The second kappa shape index (κ2) is 7.47. The molecule has 1 aliphatic heterocycles. The van der Waals surface area contributed by atoms with Gasteiger partial charge < -0.3 is 9.47 Å². The number of nitrogens with zero attached hydrogens (tertiary/aromatic N) is 5. The van der Waals surface area contributed by atoms with Gasteiger partial charge in [-0.1, -0.05) is 31.2 Å². The van der Waals surface area contributed by atoms with Crippen LogP contribution in [0.3, 0.4) is 0 Å². The van der Waals surface area contributed by atoms with Crippen molar-refractivity contribution in [3.63, 3.8) is 0 Å². The third-order valence-electron chi connectivity index (χ3n) is 6.17. The summed E-state index contributed by atoms with van der Waals surface area (Å²) < 4.78 is 18.1. The summed E-state index contributed by atoms with van der Waals surface area (Å²) in [6.07, 6.45) is 0. The van der Waals surface area contributed by atoms with Crippen LogP contribution in [0.4, 0.5) is 16.0 Å². The number of aryl methyl sites for hydroxylation is 2. The molecule has 2 aromatic heterocycles. The van der Waals surface area contributed by atoms with Crippen molar-refractivity contribution in [1.82, 2.24) is 18.7 Å². The van der Waals surface area contributed by atoms with Gasteiger partial charge in [-0.2, -0.15) is 4.98 Å². The SMILES string of the molecule is Cc1ccccc1Cn1c(=O)c2c(nc3n2C[C@@H](C)CN3c2ccc(F)cc2)n(C)c1=O. The van der Waals surface area contributed by atoms with Gasteiger partial charge in [0.2, 0.25) is 5.95 Å². The highest BCUT2D eigenvalue weighted by Gasteiger charge is 2.29. The van der Waals surface area contributed by atoms with Gasteiger partial charge in [-0.3, -0.25) is 13.9 Å². The molecule has 1 aliphatic rings. The molecule has 0 bridgehead atoms. The topological polar surface area (TPSA) is 65.1 Å². The number of hydrogen-bond donors (Lipinski definition) is 0. The average molecular weight is 433 g/mol. The normalized spacial score (nSPS) is 15.9. The Morgan fingerprint density at radius 2 is 1.78 bits per heavy atom. The van der Waals surface area contributed by atoms with E-state index in [1.807, 2.05) is 40.7 Å². The van der Waals surface area contributed by atoms with Crippen LogP contribution in [-0.2, 0) is 20.1 Å². The predicted molar refractivity (Wildman–Crippen MR) is 122 cm³/mol. The lowest BCUT2D eigenvalue weighted by Gasteiger charge is -2.32. The fourth-order valence-corrected chi connectivity index (χ4v) is 4.44. The van der Waals surface area contributed by atoms with Crippen LogP contribution in [0.2, 0.25) is 0 Å². The number of benzene rings is 2. The first-order valence-electron chi connectivity index (χ1n) is 10.6. The Balaban J connectivity index is 1.73. The molecule has 4 aromatic rings. The molecule has 2 aromatic carbocycles. The maximum absolute atomic E-state index is 13.6. The predicted octanol–water partition coefficient (Wildman–Crippen LogP) is 3.18. The van der Waals surface area contributed by atoms with E-state index in [4.69, 9.17) is 4.98 Å². The first-order chi connectivity index (χ1) is 15.3. The van der Waals surface area contributed by atoms with Crippen molar-refractivity contribution >= 4 is 22.8 Å². The molecule has 164 valence electrons. The molecule has 0 saturated heterocycles. The largest absolute Gasteiger partial charge is 0.332 e. The second-order valence-electron chi connectivity index (χ2n) is 8.55. The first kappa shape index (κ1) is 20.2. The van der Waals surface area contributed by atoms with Crippen molar-refractivity contribution in [2.45, 2.75) is 26.9 Å². The number of halogens is 1. The molecule has 5 rings (SSSR count). The van der Waals surface area contributed by atoms with Crippen molar-refractivity contribution in [3.8, 4) is 0 Å². The summed E-state index contributed by atoms with van der Waals surface area (Å²) in [5.41, 5.74) is 2.76. The zero-order chi connectivity index (χ0) is 22.6. The first-order valence-corrected chi connectivity index (χ1v) is 10.6. The second-order valence-corrected chi connectivity index (χ2v) is 8.55. The number of anilines is 2. The summed E-state index contributed by atoms with van der Waals surface area (Å²) in [4.78, 5) is 33.3. The highest BCUT2D eigenvalue weighted by molar-refractivity contribution is 5.77. The quantitative estimate of drug-likeness (QED) is 0.498. The summed E-state index contributed by atoms with van der Waals surface area (Å²) in [5, 5.41) is 0. The monoisotopic (exact) mass is 433 g/mol. The van der Waals surface area contributed by atoms with E-state index in [1.165, 1.54) is 21.3 Å². The molecular weight excluding hydrogens is 409 g/mol. The molecule has 0 amide bonds. The Morgan fingerprint density at radius 1 is 1.06 bits per heavy atom. The smallest absolute Gasteiger partial charge is 0.312 e. The summed E-state index contributed by atoms with van der Waals surface area (Å²) >= 11 is 0. The third-order valence-corrected chi connectivity index (χ3v) is 6.17. The van der Waals surface area contributed by atoms with Crippen LogP contribution >= 0.6 is 0 Å². The number of rotatable bonds is 3. The minimum absolute atomic E-state index is 0.200. The number of imidazole rings is 1. The maximum atomic E-state index is 13.6. The highest BCUT2D eigenvalue weighted by atomic mass is 19.1. The average Bonchev–Trinajstić information content (AvgIpc) is 3.16. The van der Waals surface area contributed by atoms with Crippen LogP contribution in [0.25, 0.3) is 11.2 Å². The standard InChI is InChI=1S/C24H24FN5O2/c1-15-12-28(19-10-8-18(25)9-11-19)23-26-21-20(29(23)13-15)22(31)30(24(32)27(21)3)14-17-7-5-4-6-16(17)2/h4-11,15H,12-14H2,1-3H3/t15-/m0/s1. The van der Waals surface area contributed by atoms with Gasteiger partial charge in [0.25, 0.3) is 5.56 Å². The van der Waals surface area contributed by atoms with Gasteiger partial charge in [-0.05, 0) is 48.2 Å². The molecule has 0 fully saturated rings. The molecule has 0 radical (unpaired) electrons. The van der Waals surface area contributed by atoms with Crippen molar-refractivity contribution < 1.29 is 4.39 Å². The van der Waals surface area contributed by atoms with Gasteiger partial charge >= 0.3 is 5.69 Å². The molecule has 7 nitrogen and oxygen atoms in total. The minimum Gasteiger partial charge on any atom is -0.312 e. The van der Waals surface area contributed by atoms with Crippen molar-refractivity contribution in [3.05, 3.63) is 86.3 Å². The lowest BCUT2D eigenvalue weighted by atomic mass is 10.1. The Kier molecular flexibility index (Phi) is 4.73. The van der Waals surface area contributed by atoms with Gasteiger partial charge in [-0.25, -0.2) is 9.18 Å². The van der Waals surface area contributed by atoms with E-state index in [0.29, 0.717) is 30.2 Å². The van der Waals surface area contributed by atoms with Gasteiger partial charge in [-0.15, -0.1) is 0 Å². The van der Waals surface area contributed by atoms with Crippen LogP contribution in [0.1, 0.15) is 18.1 Å². The highest BCUT2D eigenvalue weighted by Crippen LogP contribution is 2.32. The van der Waals surface area contributed by atoms with E-state index in [1.54, 1.807) is 19.2 Å². The lowest BCUT2D eigenvalue weighted by molar-refractivity contribution is 0.458. The Morgan fingerprint density at radius 3 is 2.50 bits per heavy atom. The van der Waals surface area contributed by atoms with E-state index < -0.39 is 5.69 Å². The van der Waals surface area contributed by atoms with Crippen molar-refractivity contribution in [1.29, 1.82) is 0 Å². The van der Waals surface area contributed by atoms with Crippen LogP contribution in [0.15, 0.2) is 58.1 Å². The number of hydrogen-bond acceptors (Lipinski definition) is 4. The molecule has 0 spiro atoms. The molecule has 3 heterocycles. The number of aromatic nitrogens is 4. The Bertz CT molecular complexity index is 1450. The lowest BCUT2D eigenvalue weighted by Crippen LogP contribution is -2.40. The van der Waals surface area contributed by atoms with Gasteiger partial charge in [0, 0.05) is 25.8 Å². The van der Waals surface area contributed by atoms with E-state index >= 15 is 0 Å². The van der Waals surface area contributed by atoms with Crippen molar-refractivity contribution in [2.75, 3.05) is 11.4 Å². The van der Waals surface area contributed by atoms with Crippen LogP contribution in [-0.4, -0.2) is 25.2 Å². The van der Waals surface area contributed by atoms with Gasteiger partial charge in [0.05, 0.1) is 6.54 Å². The van der Waals surface area contributed by atoms with Crippen molar-refractivity contribution in [2.24, 2.45) is 13.0 Å². The zero-order valence-corrected chi connectivity index (χ0v) is 18.2. The summed E-state index contributed by atoms with van der Waals surface area (Å²) in [6.45, 7) is 5.55. The van der Waals surface area contributed by atoms with Crippen LogP contribution in [0.5, 0.6) is 0 Å². The van der Waals surface area contributed by atoms with Gasteiger partial charge in [0.1, 0.15) is 5.82 Å². The molecule has 8 heteroatoms. The number of fused-ring (bicyclic) bond motifs is 3. The zero-order valence-electron chi connectivity index (χ0n) is 18.2.